The monoisotopic (exact) mass is 338 g/mol. The second kappa shape index (κ2) is 6.81. The van der Waals surface area contributed by atoms with Crippen LogP contribution < -0.4 is 10.4 Å². The van der Waals surface area contributed by atoms with Crippen LogP contribution in [0.1, 0.15) is 27.0 Å². The lowest BCUT2D eigenvalue weighted by molar-refractivity contribution is 0.0600. The van der Waals surface area contributed by atoms with Gasteiger partial charge in [0, 0.05) is 17.0 Å². The molecule has 5 nitrogen and oxygen atoms in total. The number of rotatable bonds is 4. The zero-order chi connectivity index (χ0) is 18.0. The second-order valence-corrected chi connectivity index (χ2v) is 5.83. The van der Waals surface area contributed by atoms with Gasteiger partial charge in [0.25, 0.3) is 0 Å². The highest BCUT2D eigenvalue weighted by molar-refractivity contribution is 5.89. The maximum Gasteiger partial charge on any atom is 0.337 e. The quantitative estimate of drug-likeness (QED) is 0.535. The van der Waals surface area contributed by atoms with E-state index in [1.54, 1.807) is 24.3 Å². The van der Waals surface area contributed by atoms with Gasteiger partial charge in [0.05, 0.1) is 12.7 Å². The molecule has 0 unspecified atom stereocenters. The Morgan fingerprint density at radius 2 is 1.84 bits per heavy atom. The van der Waals surface area contributed by atoms with Crippen molar-refractivity contribution in [3.63, 3.8) is 0 Å². The molecule has 0 aliphatic heterocycles. The van der Waals surface area contributed by atoms with E-state index in [9.17, 15) is 9.59 Å². The van der Waals surface area contributed by atoms with Crippen molar-refractivity contribution in [3.8, 4) is 5.75 Å². The number of esters is 1. The Balaban J connectivity index is 1.92. The van der Waals surface area contributed by atoms with Crippen LogP contribution >= 0.6 is 0 Å². The van der Waals surface area contributed by atoms with E-state index in [1.165, 1.54) is 13.2 Å². The lowest BCUT2D eigenvalue weighted by Crippen LogP contribution is -2.05. The van der Waals surface area contributed by atoms with E-state index >= 15 is 0 Å². The predicted molar refractivity (Wildman–Crippen MR) is 94.1 cm³/mol. The maximum atomic E-state index is 11.8. The number of methoxy groups -OCH3 is 1. The fraction of sp³-hybridized carbons (Fsp3) is 0.200. The van der Waals surface area contributed by atoms with Crippen LogP contribution in [0.3, 0.4) is 0 Å². The molecule has 0 saturated carbocycles. The number of fused-ring (bicyclic) bond motifs is 1. The number of hydrogen-bond acceptors (Lipinski definition) is 5. The molecular formula is C20H18O5. The van der Waals surface area contributed by atoms with Crippen LogP contribution in [0.25, 0.3) is 11.0 Å². The number of benzene rings is 2. The summed E-state index contributed by atoms with van der Waals surface area (Å²) in [7, 11) is 1.33. The van der Waals surface area contributed by atoms with Crippen molar-refractivity contribution in [2.24, 2.45) is 0 Å². The molecule has 0 aliphatic carbocycles. The molecule has 1 aromatic heterocycles. The third-order valence-electron chi connectivity index (χ3n) is 4.09. The van der Waals surface area contributed by atoms with Crippen molar-refractivity contribution >= 4 is 16.9 Å². The summed E-state index contributed by atoms with van der Waals surface area (Å²) in [5, 5.41) is 0.840. The number of hydrogen-bond donors (Lipinski definition) is 0. The highest BCUT2D eigenvalue weighted by Gasteiger charge is 2.10. The molecule has 3 aromatic rings. The third-order valence-corrected chi connectivity index (χ3v) is 4.09. The van der Waals surface area contributed by atoms with Crippen molar-refractivity contribution < 1.29 is 18.7 Å². The van der Waals surface area contributed by atoms with E-state index in [0.29, 0.717) is 16.9 Å². The van der Waals surface area contributed by atoms with Crippen molar-refractivity contribution in [2.45, 2.75) is 20.5 Å². The lowest BCUT2D eigenvalue weighted by atomic mass is 10.0. The lowest BCUT2D eigenvalue weighted by Gasteiger charge is -2.10. The minimum absolute atomic E-state index is 0.190. The van der Waals surface area contributed by atoms with Crippen LogP contribution in [0.2, 0.25) is 0 Å². The molecule has 0 aliphatic rings. The van der Waals surface area contributed by atoms with E-state index in [0.717, 1.165) is 22.1 Å². The fourth-order valence-electron chi connectivity index (χ4n) is 2.59. The Labute approximate surface area is 144 Å². The summed E-state index contributed by atoms with van der Waals surface area (Å²) in [6.07, 6.45) is 0. The Bertz CT molecular complexity index is 1000. The summed E-state index contributed by atoms with van der Waals surface area (Å²) in [5.74, 6) is 0.0930. The maximum absolute atomic E-state index is 11.8. The average molecular weight is 338 g/mol. The van der Waals surface area contributed by atoms with E-state index < -0.39 is 11.6 Å². The van der Waals surface area contributed by atoms with Crippen LogP contribution in [0.4, 0.5) is 0 Å². The van der Waals surface area contributed by atoms with E-state index in [1.807, 2.05) is 26.0 Å². The molecule has 2 aromatic carbocycles. The van der Waals surface area contributed by atoms with Gasteiger partial charge < -0.3 is 13.9 Å². The molecule has 0 spiro atoms. The first-order valence-corrected chi connectivity index (χ1v) is 7.83. The number of ether oxygens (including phenoxy) is 2. The molecule has 0 amide bonds. The molecule has 0 saturated heterocycles. The molecule has 1 heterocycles. The van der Waals surface area contributed by atoms with Crippen molar-refractivity contribution in [1.29, 1.82) is 0 Å². The second-order valence-electron chi connectivity index (χ2n) is 5.83. The standard InChI is InChI=1S/C20H18O5/c1-12-7-17-15(10-19(21)25-18(17)8-13(12)2)11-24-16-6-4-5-14(9-16)20(22)23-3/h4-10H,11H2,1-3H3. The zero-order valence-electron chi connectivity index (χ0n) is 14.3. The number of carbonyl (C=O) groups excluding carboxylic acids is 1. The molecule has 0 radical (unpaired) electrons. The molecule has 128 valence electrons. The molecule has 0 atom stereocenters. The number of carbonyl (C=O) groups is 1. The van der Waals surface area contributed by atoms with Gasteiger partial charge in [-0.1, -0.05) is 6.07 Å². The van der Waals surface area contributed by atoms with Crippen molar-refractivity contribution in [3.05, 3.63) is 75.1 Å². The fourth-order valence-corrected chi connectivity index (χ4v) is 2.59. The normalized spacial score (nSPS) is 10.7. The van der Waals surface area contributed by atoms with Crippen LogP contribution in [-0.2, 0) is 11.3 Å². The molecule has 5 heteroatoms. The first-order chi connectivity index (χ1) is 12.0. The molecule has 3 rings (SSSR count). The van der Waals surface area contributed by atoms with Gasteiger partial charge in [0.15, 0.2) is 0 Å². The Kier molecular flexibility index (Phi) is 4.57. The number of aryl methyl sites for hydroxylation is 2. The van der Waals surface area contributed by atoms with Gasteiger partial charge >= 0.3 is 11.6 Å². The molecular weight excluding hydrogens is 320 g/mol. The summed E-state index contributed by atoms with van der Waals surface area (Å²) in [6, 6.07) is 12.0. The summed E-state index contributed by atoms with van der Waals surface area (Å²) < 4.78 is 15.8. The van der Waals surface area contributed by atoms with E-state index in [4.69, 9.17) is 13.9 Å². The third kappa shape index (κ3) is 3.55. The van der Waals surface area contributed by atoms with Gasteiger partial charge in [0.2, 0.25) is 0 Å². The Hall–Kier alpha value is -3.08. The summed E-state index contributed by atoms with van der Waals surface area (Å²) in [5.41, 5.74) is 3.42. The van der Waals surface area contributed by atoms with Gasteiger partial charge in [-0.3, -0.25) is 0 Å². The molecule has 0 fully saturated rings. The van der Waals surface area contributed by atoms with Crippen LogP contribution in [0, 0.1) is 13.8 Å². The van der Waals surface area contributed by atoms with Crippen LogP contribution in [-0.4, -0.2) is 13.1 Å². The summed E-state index contributed by atoms with van der Waals surface area (Å²) in [6.45, 7) is 4.16. The van der Waals surface area contributed by atoms with E-state index in [2.05, 4.69) is 0 Å². The highest BCUT2D eigenvalue weighted by Crippen LogP contribution is 2.23. The summed E-state index contributed by atoms with van der Waals surface area (Å²) in [4.78, 5) is 23.4. The van der Waals surface area contributed by atoms with Gasteiger partial charge in [-0.15, -0.1) is 0 Å². The smallest absolute Gasteiger partial charge is 0.337 e. The summed E-state index contributed by atoms with van der Waals surface area (Å²) >= 11 is 0. The molecule has 0 N–H and O–H groups in total. The van der Waals surface area contributed by atoms with Crippen molar-refractivity contribution in [2.75, 3.05) is 7.11 Å². The van der Waals surface area contributed by atoms with Gasteiger partial charge in [-0.2, -0.15) is 0 Å². The first-order valence-electron chi connectivity index (χ1n) is 7.83. The minimum atomic E-state index is -0.428. The Morgan fingerprint density at radius 1 is 1.08 bits per heavy atom. The zero-order valence-corrected chi connectivity index (χ0v) is 14.3. The highest BCUT2D eigenvalue weighted by atomic mass is 16.5. The minimum Gasteiger partial charge on any atom is -0.489 e. The Morgan fingerprint density at radius 3 is 2.60 bits per heavy atom. The van der Waals surface area contributed by atoms with Crippen LogP contribution in [0.5, 0.6) is 5.75 Å². The molecule has 0 bridgehead atoms. The topological polar surface area (TPSA) is 65.7 Å². The average Bonchev–Trinajstić information content (AvgIpc) is 2.60. The van der Waals surface area contributed by atoms with Crippen molar-refractivity contribution in [1.82, 2.24) is 0 Å². The van der Waals surface area contributed by atoms with E-state index in [-0.39, 0.29) is 6.61 Å². The van der Waals surface area contributed by atoms with Gasteiger partial charge in [0.1, 0.15) is 17.9 Å². The first kappa shape index (κ1) is 16.8. The van der Waals surface area contributed by atoms with Gasteiger partial charge in [-0.25, -0.2) is 9.59 Å². The van der Waals surface area contributed by atoms with Crippen LogP contribution in [0.15, 0.2) is 51.7 Å². The SMILES string of the molecule is COC(=O)c1cccc(OCc2cc(=O)oc3cc(C)c(C)cc23)c1. The predicted octanol–water partition coefficient (Wildman–Crippen LogP) is 3.78. The largest absolute Gasteiger partial charge is 0.489 e. The molecule has 25 heavy (non-hydrogen) atoms. The van der Waals surface area contributed by atoms with Gasteiger partial charge in [-0.05, 0) is 55.3 Å².